The first-order chi connectivity index (χ1) is 9.10. The molecule has 0 aliphatic carbocycles. The molecule has 0 heterocycles. The highest BCUT2D eigenvalue weighted by Gasteiger charge is 2.11. The first-order valence-corrected chi connectivity index (χ1v) is 6.55. The topological polar surface area (TPSA) is 53.2 Å². The Bertz CT molecular complexity index is 615. The molecule has 2 aromatic rings. The van der Waals surface area contributed by atoms with E-state index in [-0.39, 0.29) is 0 Å². The Hall–Kier alpha value is -1.83. The van der Waals surface area contributed by atoms with E-state index >= 15 is 0 Å². The quantitative estimate of drug-likeness (QED) is 0.924. The molecule has 2 rings (SSSR count). The van der Waals surface area contributed by atoms with E-state index in [0.717, 1.165) is 4.47 Å². The van der Waals surface area contributed by atoms with Crippen molar-refractivity contribution in [2.24, 2.45) is 0 Å². The molecule has 0 fully saturated rings. The molecule has 0 aliphatic heterocycles. The number of benzene rings is 2. The van der Waals surface area contributed by atoms with E-state index in [1.807, 2.05) is 24.3 Å². The molecule has 0 spiro atoms. The van der Waals surface area contributed by atoms with Crippen LogP contribution in [-0.2, 0) is 0 Å². The Morgan fingerprint density at radius 1 is 1.21 bits per heavy atom. The van der Waals surface area contributed by atoms with Gasteiger partial charge in [0.2, 0.25) is 0 Å². The summed E-state index contributed by atoms with van der Waals surface area (Å²) in [6, 6.07) is 14.4. The van der Waals surface area contributed by atoms with E-state index in [0.29, 0.717) is 22.6 Å². The van der Waals surface area contributed by atoms with Crippen molar-refractivity contribution in [1.82, 2.24) is 0 Å². The number of rotatable bonds is 3. The lowest BCUT2D eigenvalue weighted by molar-refractivity contribution is 0.195. The molecule has 0 aromatic heterocycles. The van der Waals surface area contributed by atoms with Crippen molar-refractivity contribution in [3.05, 3.63) is 58.1 Å². The molecule has 4 heteroatoms. The maximum Gasteiger partial charge on any atom is 0.134 e. The number of hydrogen-bond donors (Lipinski definition) is 1. The van der Waals surface area contributed by atoms with Crippen molar-refractivity contribution in [1.29, 1.82) is 5.26 Å². The summed E-state index contributed by atoms with van der Waals surface area (Å²) in [7, 11) is 0. The summed E-state index contributed by atoms with van der Waals surface area (Å²) in [5.74, 6) is 1.15. The van der Waals surface area contributed by atoms with Gasteiger partial charge in [-0.15, -0.1) is 0 Å². The first-order valence-electron chi connectivity index (χ1n) is 5.75. The van der Waals surface area contributed by atoms with Gasteiger partial charge in [0, 0.05) is 10.0 Å². The van der Waals surface area contributed by atoms with Crippen LogP contribution in [0.3, 0.4) is 0 Å². The number of nitrogens with zero attached hydrogens (tertiary/aromatic N) is 1. The van der Waals surface area contributed by atoms with Gasteiger partial charge in [0.15, 0.2) is 0 Å². The fourth-order valence-corrected chi connectivity index (χ4v) is 1.93. The summed E-state index contributed by atoms with van der Waals surface area (Å²) in [4.78, 5) is 0. The van der Waals surface area contributed by atoms with Crippen LogP contribution in [-0.4, -0.2) is 5.11 Å². The number of hydrogen-bond acceptors (Lipinski definition) is 3. The maximum absolute atomic E-state index is 9.72. The minimum atomic E-state index is -0.654. The maximum atomic E-state index is 9.72. The lowest BCUT2D eigenvalue weighted by Crippen LogP contribution is -1.96. The summed E-state index contributed by atoms with van der Waals surface area (Å²) >= 11 is 3.35. The van der Waals surface area contributed by atoms with Crippen LogP contribution in [0.25, 0.3) is 0 Å². The van der Waals surface area contributed by atoms with Crippen LogP contribution >= 0.6 is 15.9 Å². The highest BCUT2D eigenvalue weighted by molar-refractivity contribution is 9.10. The Labute approximate surface area is 120 Å². The first kappa shape index (κ1) is 13.6. The third-order valence-corrected chi connectivity index (χ3v) is 3.16. The Morgan fingerprint density at radius 3 is 2.47 bits per heavy atom. The SMILES string of the molecule is C[C@H](O)c1ccc(C#N)cc1Oc1ccc(Br)cc1. The van der Waals surface area contributed by atoms with Gasteiger partial charge in [-0.3, -0.25) is 0 Å². The third kappa shape index (κ3) is 3.34. The molecule has 3 nitrogen and oxygen atoms in total. The molecule has 1 atom stereocenters. The molecular formula is C15H12BrNO2. The molecule has 0 saturated carbocycles. The smallest absolute Gasteiger partial charge is 0.134 e. The van der Waals surface area contributed by atoms with Crippen LogP contribution in [0.2, 0.25) is 0 Å². The van der Waals surface area contributed by atoms with Crippen molar-refractivity contribution >= 4 is 15.9 Å². The van der Waals surface area contributed by atoms with Crippen LogP contribution < -0.4 is 4.74 Å². The van der Waals surface area contributed by atoms with E-state index in [1.54, 1.807) is 25.1 Å². The third-order valence-electron chi connectivity index (χ3n) is 2.63. The minimum Gasteiger partial charge on any atom is -0.457 e. The number of halogens is 1. The van der Waals surface area contributed by atoms with E-state index in [4.69, 9.17) is 10.00 Å². The molecule has 0 amide bonds. The molecule has 0 saturated heterocycles. The largest absolute Gasteiger partial charge is 0.457 e. The van der Waals surface area contributed by atoms with Crippen LogP contribution in [0, 0.1) is 11.3 Å². The minimum absolute atomic E-state index is 0.497. The fraction of sp³-hybridized carbons (Fsp3) is 0.133. The normalized spacial score (nSPS) is 11.7. The monoisotopic (exact) mass is 317 g/mol. The van der Waals surface area contributed by atoms with Crippen molar-refractivity contribution in [3.63, 3.8) is 0 Å². The number of aliphatic hydroxyl groups is 1. The summed E-state index contributed by atoms with van der Waals surface area (Å²) < 4.78 is 6.70. The van der Waals surface area contributed by atoms with Crippen molar-refractivity contribution in [3.8, 4) is 17.6 Å². The lowest BCUT2D eigenvalue weighted by Gasteiger charge is -2.13. The van der Waals surface area contributed by atoms with Crippen LogP contribution in [0.4, 0.5) is 0 Å². The van der Waals surface area contributed by atoms with E-state index in [1.165, 1.54) is 0 Å². The molecule has 0 aliphatic rings. The van der Waals surface area contributed by atoms with Gasteiger partial charge in [0.25, 0.3) is 0 Å². The zero-order valence-corrected chi connectivity index (χ0v) is 11.9. The molecule has 1 N–H and O–H groups in total. The van der Waals surface area contributed by atoms with Gasteiger partial charge >= 0.3 is 0 Å². The number of aliphatic hydroxyl groups excluding tert-OH is 1. The Balaban J connectivity index is 2.37. The Morgan fingerprint density at radius 2 is 1.89 bits per heavy atom. The second kappa shape index (κ2) is 5.87. The van der Waals surface area contributed by atoms with E-state index in [2.05, 4.69) is 22.0 Å². The molecule has 0 bridgehead atoms. The fourth-order valence-electron chi connectivity index (χ4n) is 1.67. The van der Waals surface area contributed by atoms with Gasteiger partial charge in [-0.2, -0.15) is 5.26 Å². The summed E-state index contributed by atoms with van der Waals surface area (Å²) in [6.45, 7) is 1.66. The summed E-state index contributed by atoms with van der Waals surface area (Å²) in [5, 5.41) is 18.6. The van der Waals surface area contributed by atoms with Gasteiger partial charge in [0.1, 0.15) is 11.5 Å². The molecular weight excluding hydrogens is 306 g/mol. The summed E-state index contributed by atoms with van der Waals surface area (Å²) in [6.07, 6.45) is -0.654. The standard InChI is InChI=1S/C15H12BrNO2/c1-10(18)14-7-2-11(9-17)8-15(14)19-13-5-3-12(16)4-6-13/h2-8,10,18H,1H3/t10-/m0/s1. The zero-order valence-electron chi connectivity index (χ0n) is 10.3. The van der Waals surface area contributed by atoms with E-state index in [9.17, 15) is 5.11 Å². The van der Waals surface area contributed by atoms with Gasteiger partial charge in [-0.05, 0) is 43.3 Å². The Kier molecular flexibility index (Phi) is 4.20. The van der Waals surface area contributed by atoms with Crippen LogP contribution in [0.1, 0.15) is 24.2 Å². The highest BCUT2D eigenvalue weighted by atomic mass is 79.9. The lowest BCUT2D eigenvalue weighted by atomic mass is 10.1. The second-order valence-electron chi connectivity index (χ2n) is 4.10. The predicted octanol–water partition coefficient (Wildman–Crippen LogP) is 4.17. The molecule has 0 radical (unpaired) electrons. The average molecular weight is 318 g/mol. The van der Waals surface area contributed by atoms with Gasteiger partial charge < -0.3 is 9.84 Å². The number of ether oxygens (including phenoxy) is 1. The van der Waals surface area contributed by atoms with Crippen LogP contribution in [0.15, 0.2) is 46.9 Å². The zero-order chi connectivity index (χ0) is 13.8. The van der Waals surface area contributed by atoms with Crippen LogP contribution in [0.5, 0.6) is 11.5 Å². The number of nitriles is 1. The molecule has 2 aromatic carbocycles. The molecule has 96 valence electrons. The van der Waals surface area contributed by atoms with Crippen molar-refractivity contribution < 1.29 is 9.84 Å². The van der Waals surface area contributed by atoms with Gasteiger partial charge in [0.05, 0.1) is 17.7 Å². The molecule has 19 heavy (non-hydrogen) atoms. The van der Waals surface area contributed by atoms with Gasteiger partial charge in [-0.1, -0.05) is 22.0 Å². The van der Waals surface area contributed by atoms with Gasteiger partial charge in [-0.25, -0.2) is 0 Å². The average Bonchev–Trinajstić information content (AvgIpc) is 2.41. The highest BCUT2D eigenvalue weighted by Crippen LogP contribution is 2.31. The second-order valence-corrected chi connectivity index (χ2v) is 5.01. The van der Waals surface area contributed by atoms with Crippen molar-refractivity contribution in [2.45, 2.75) is 13.0 Å². The predicted molar refractivity (Wildman–Crippen MR) is 76.0 cm³/mol. The van der Waals surface area contributed by atoms with E-state index < -0.39 is 6.10 Å². The summed E-state index contributed by atoms with van der Waals surface area (Å²) in [5.41, 5.74) is 1.15. The van der Waals surface area contributed by atoms with Crippen molar-refractivity contribution in [2.75, 3.05) is 0 Å². The molecule has 0 unspecified atom stereocenters.